The molecule has 0 aliphatic heterocycles. The molecule has 0 saturated carbocycles. The van der Waals surface area contributed by atoms with E-state index >= 15 is 0 Å². The number of rotatable bonds is 5. The number of anilines is 1. The van der Waals surface area contributed by atoms with E-state index in [-0.39, 0.29) is 4.90 Å². The summed E-state index contributed by atoms with van der Waals surface area (Å²) in [4.78, 5) is 0.139. The molecule has 0 N–H and O–H groups in total. The maximum atomic E-state index is 12.7. The van der Waals surface area contributed by atoms with Crippen molar-refractivity contribution in [2.75, 3.05) is 25.6 Å². The van der Waals surface area contributed by atoms with Gasteiger partial charge in [0.25, 0.3) is 10.0 Å². The minimum atomic E-state index is -3.73. The lowest BCUT2D eigenvalue weighted by Gasteiger charge is -2.20. The Kier molecular flexibility index (Phi) is 5.44. The molecule has 0 heterocycles. The minimum Gasteiger partial charge on any atom is -0.496 e. The van der Waals surface area contributed by atoms with Gasteiger partial charge in [-0.25, -0.2) is 8.42 Å². The van der Waals surface area contributed by atoms with Crippen LogP contribution < -0.4 is 13.8 Å². The molecule has 2 aromatic carbocycles. The molecule has 0 spiro atoms. The summed E-state index contributed by atoms with van der Waals surface area (Å²) in [5.41, 5.74) is 0.433. The molecule has 0 unspecified atom stereocenters. The first-order valence-corrected chi connectivity index (χ1v) is 9.08. The topological polar surface area (TPSA) is 55.8 Å². The van der Waals surface area contributed by atoms with Crippen molar-refractivity contribution in [2.24, 2.45) is 0 Å². The molecule has 2 aromatic rings. The van der Waals surface area contributed by atoms with E-state index in [0.717, 1.165) is 4.31 Å². The quantitative estimate of drug-likeness (QED) is 0.735. The third-order valence-corrected chi connectivity index (χ3v) is 5.98. The Balaban J connectivity index is 2.42. The molecule has 0 fully saturated rings. The maximum absolute atomic E-state index is 12.7. The van der Waals surface area contributed by atoms with Crippen LogP contribution in [0, 0.1) is 0 Å². The Hall–Kier alpha value is -1.44. The van der Waals surface area contributed by atoms with Crippen LogP contribution in [0.1, 0.15) is 0 Å². The summed E-state index contributed by atoms with van der Waals surface area (Å²) in [7, 11) is 0.746. The number of halogens is 2. The highest BCUT2D eigenvalue weighted by Crippen LogP contribution is 2.33. The predicted octanol–water partition coefficient (Wildman–Crippen LogP) is 3.94. The Morgan fingerprint density at radius 1 is 1.04 bits per heavy atom. The highest BCUT2D eigenvalue weighted by atomic mass is 79.9. The lowest BCUT2D eigenvalue weighted by atomic mass is 10.3. The molecule has 0 aliphatic rings. The third-order valence-electron chi connectivity index (χ3n) is 3.28. The fourth-order valence-electron chi connectivity index (χ4n) is 1.96. The summed E-state index contributed by atoms with van der Waals surface area (Å²) in [5.74, 6) is 1.03. The number of nitrogens with zero attached hydrogens (tertiary/aromatic N) is 1. The van der Waals surface area contributed by atoms with E-state index in [2.05, 4.69) is 15.9 Å². The van der Waals surface area contributed by atoms with E-state index in [1.54, 1.807) is 18.2 Å². The van der Waals surface area contributed by atoms with Gasteiger partial charge in [-0.05, 0) is 52.3 Å². The van der Waals surface area contributed by atoms with Crippen molar-refractivity contribution < 1.29 is 17.9 Å². The van der Waals surface area contributed by atoms with Crippen molar-refractivity contribution in [3.8, 4) is 11.5 Å². The van der Waals surface area contributed by atoms with Gasteiger partial charge in [-0.3, -0.25) is 4.31 Å². The molecule has 0 bridgehead atoms. The second-order valence-corrected chi connectivity index (χ2v) is 7.82. The molecule has 5 nitrogen and oxygen atoms in total. The number of sulfonamides is 1. The number of hydrogen-bond donors (Lipinski definition) is 0. The van der Waals surface area contributed by atoms with Crippen LogP contribution in [-0.4, -0.2) is 29.7 Å². The molecular weight excluding hydrogens is 406 g/mol. The number of methoxy groups -OCH3 is 2. The highest BCUT2D eigenvalue weighted by molar-refractivity contribution is 9.10. The van der Waals surface area contributed by atoms with Crippen LogP contribution in [-0.2, 0) is 10.0 Å². The van der Waals surface area contributed by atoms with Crippen molar-refractivity contribution in [1.29, 1.82) is 0 Å². The van der Waals surface area contributed by atoms with Crippen molar-refractivity contribution in [3.05, 3.63) is 45.9 Å². The van der Waals surface area contributed by atoms with Gasteiger partial charge in [-0.1, -0.05) is 11.6 Å². The highest BCUT2D eigenvalue weighted by Gasteiger charge is 2.23. The van der Waals surface area contributed by atoms with Crippen LogP contribution in [0.4, 0.5) is 5.69 Å². The van der Waals surface area contributed by atoms with Gasteiger partial charge in [-0.2, -0.15) is 0 Å². The van der Waals surface area contributed by atoms with E-state index in [1.165, 1.54) is 39.5 Å². The standard InChI is InChI=1S/C15H15BrClNO4S/c1-18(10-4-6-15(22-3)13(17)8-10)23(19,20)11-5-7-14(21-2)12(16)9-11/h4-9H,1-3H3. The fraction of sp³-hybridized carbons (Fsp3) is 0.200. The van der Waals surface area contributed by atoms with Crippen LogP contribution >= 0.6 is 27.5 Å². The van der Waals surface area contributed by atoms with Gasteiger partial charge in [0.2, 0.25) is 0 Å². The first-order valence-electron chi connectivity index (χ1n) is 6.47. The van der Waals surface area contributed by atoms with Gasteiger partial charge in [0, 0.05) is 7.05 Å². The zero-order chi connectivity index (χ0) is 17.2. The van der Waals surface area contributed by atoms with E-state index in [4.69, 9.17) is 21.1 Å². The Bertz CT molecular complexity index is 826. The molecule has 0 amide bonds. The molecular formula is C15H15BrClNO4S. The minimum absolute atomic E-state index is 0.139. The summed E-state index contributed by atoms with van der Waals surface area (Å²) in [6.07, 6.45) is 0. The zero-order valence-corrected chi connectivity index (χ0v) is 15.9. The van der Waals surface area contributed by atoms with Crippen LogP contribution in [0.25, 0.3) is 0 Å². The van der Waals surface area contributed by atoms with Crippen LogP contribution in [0.2, 0.25) is 5.02 Å². The number of benzene rings is 2. The summed E-state index contributed by atoms with van der Waals surface area (Å²) in [6.45, 7) is 0. The van der Waals surface area contributed by atoms with Gasteiger partial charge >= 0.3 is 0 Å². The monoisotopic (exact) mass is 419 g/mol. The number of ether oxygens (including phenoxy) is 2. The van der Waals surface area contributed by atoms with Crippen molar-refractivity contribution in [1.82, 2.24) is 0 Å². The normalized spacial score (nSPS) is 11.2. The molecule has 0 atom stereocenters. The summed E-state index contributed by atoms with van der Waals surface area (Å²) >= 11 is 9.35. The smallest absolute Gasteiger partial charge is 0.264 e. The second-order valence-electron chi connectivity index (χ2n) is 4.59. The van der Waals surface area contributed by atoms with Gasteiger partial charge < -0.3 is 9.47 Å². The summed E-state index contributed by atoms with van der Waals surface area (Å²) < 4.78 is 37.4. The van der Waals surface area contributed by atoms with Crippen molar-refractivity contribution in [2.45, 2.75) is 4.90 Å². The average molecular weight is 421 g/mol. The van der Waals surface area contributed by atoms with Gasteiger partial charge in [0.1, 0.15) is 11.5 Å². The fourth-order valence-corrected chi connectivity index (χ4v) is 4.11. The van der Waals surface area contributed by atoms with Crippen LogP contribution in [0.5, 0.6) is 11.5 Å². The van der Waals surface area contributed by atoms with E-state index in [0.29, 0.717) is 26.7 Å². The van der Waals surface area contributed by atoms with Crippen molar-refractivity contribution >= 4 is 43.2 Å². The van der Waals surface area contributed by atoms with E-state index in [9.17, 15) is 8.42 Å². The molecule has 124 valence electrons. The molecule has 0 radical (unpaired) electrons. The first-order chi connectivity index (χ1) is 10.8. The van der Waals surface area contributed by atoms with Crippen LogP contribution in [0.3, 0.4) is 0 Å². The largest absolute Gasteiger partial charge is 0.496 e. The van der Waals surface area contributed by atoms with Gasteiger partial charge in [0.05, 0.1) is 34.3 Å². The van der Waals surface area contributed by atoms with Crippen LogP contribution in [0.15, 0.2) is 45.8 Å². The third kappa shape index (κ3) is 3.57. The molecule has 23 heavy (non-hydrogen) atoms. The Morgan fingerprint density at radius 3 is 2.17 bits per heavy atom. The van der Waals surface area contributed by atoms with E-state index in [1.807, 2.05) is 0 Å². The maximum Gasteiger partial charge on any atom is 0.264 e. The average Bonchev–Trinajstić information content (AvgIpc) is 2.53. The zero-order valence-electron chi connectivity index (χ0n) is 12.7. The van der Waals surface area contributed by atoms with E-state index < -0.39 is 10.0 Å². The molecule has 0 saturated heterocycles. The van der Waals surface area contributed by atoms with Gasteiger partial charge in [-0.15, -0.1) is 0 Å². The summed E-state index contributed by atoms with van der Waals surface area (Å²) in [6, 6.07) is 9.35. The SMILES string of the molecule is COc1ccc(N(C)S(=O)(=O)c2ccc(OC)c(Br)c2)cc1Cl. The second kappa shape index (κ2) is 6.98. The Labute approximate surface area is 149 Å². The lowest BCUT2D eigenvalue weighted by molar-refractivity contribution is 0.411. The molecule has 0 aromatic heterocycles. The molecule has 8 heteroatoms. The number of hydrogen-bond acceptors (Lipinski definition) is 4. The predicted molar refractivity (Wildman–Crippen MR) is 94.3 cm³/mol. The molecule has 0 aliphatic carbocycles. The first kappa shape index (κ1) is 17.9. The lowest BCUT2D eigenvalue weighted by Crippen LogP contribution is -2.26. The van der Waals surface area contributed by atoms with Gasteiger partial charge in [0.15, 0.2) is 0 Å². The molecule has 2 rings (SSSR count). The van der Waals surface area contributed by atoms with Crippen molar-refractivity contribution in [3.63, 3.8) is 0 Å². The Morgan fingerprint density at radius 2 is 1.65 bits per heavy atom. The summed E-state index contributed by atoms with van der Waals surface area (Å²) in [5, 5.41) is 0.336.